The van der Waals surface area contributed by atoms with Gasteiger partial charge in [-0.25, -0.2) is 4.79 Å². The molecule has 0 bridgehead atoms. The molecule has 0 aliphatic carbocycles. The Morgan fingerprint density at radius 2 is 2.00 bits per heavy atom. The SMILES string of the molecule is C=Cc1ccc(C(=O)OO)cc1. The monoisotopic (exact) mass is 164 g/mol. The number of carbonyl (C=O) groups is 1. The van der Waals surface area contributed by atoms with Crippen molar-refractivity contribution in [1.82, 2.24) is 0 Å². The Kier molecular flexibility index (Phi) is 2.61. The van der Waals surface area contributed by atoms with Crippen molar-refractivity contribution in [2.75, 3.05) is 0 Å². The van der Waals surface area contributed by atoms with Crippen LogP contribution in [0.4, 0.5) is 0 Å². The van der Waals surface area contributed by atoms with E-state index in [0.29, 0.717) is 5.56 Å². The molecule has 1 aromatic rings. The third-order valence-electron chi connectivity index (χ3n) is 1.46. The van der Waals surface area contributed by atoms with Crippen LogP contribution in [0.2, 0.25) is 0 Å². The maximum Gasteiger partial charge on any atom is 0.372 e. The lowest BCUT2D eigenvalue weighted by Crippen LogP contribution is -2.00. The zero-order valence-electron chi connectivity index (χ0n) is 6.36. The smallest absolute Gasteiger partial charge is 0.296 e. The van der Waals surface area contributed by atoms with Crippen LogP contribution >= 0.6 is 0 Å². The van der Waals surface area contributed by atoms with Crippen LogP contribution in [0.1, 0.15) is 15.9 Å². The van der Waals surface area contributed by atoms with Crippen LogP contribution in [0.5, 0.6) is 0 Å². The van der Waals surface area contributed by atoms with Crippen LogP contribution in [-0.2, 0) is 4.89 Å². The Hall–Kier alpha value is -1.61. The molecule has 0 unspecified atom stereocenters. The molecule has 0 saturated carbocycles. The van der Waals surface area contributed by atoms with Crippen molar-refractivity contribution in [3.05, 3.63) is 42.0 Å². The zero-order valence-corrected chi connectivity index (χ0v) is 6.36. The van der Waals surface area contributed by atoms with E-state index in [1.165, 1.54) is 0 Å². The minimum absolute atomic E-state index is 0.308. The molecule has 0 aromatic heterocycles. The van der Waals surface area contributed by atoms with Crippen molar-refractivity contribution in [3.63, 3.8) is 0 Å². The molecule has 1 rings (SSSR count). The van der Waals surface area contributed by atoms with Gasteiger partial charge in [-0.3, -0.25) is 4.89 Å². The predicted molar refractivity (Wildman–Crippen MR) is 44.6 cm³/mol. The van der Waals surface area contributed by atoms with E-state index in [-0.39, 0.29) is 0 Å². The van der Waals surface area contributed by atoms with E-state index in [9.17, 15) is 4.79 Å². The van der Waals surface area contributed by atoms with E-state index < -0.39 is 5.97 Å². The highest BCUT2D eigenvalue weighted by atomic mass is 17.1. The summed E-state index contributed by atoms with van der Waals surface area (Å²) in [5.41, 5.74) is 1.22. The summed E-state index contributed by atoms with van der Waals surface area (Å²) in [7, 11) is 0. The summed E-state index contributed by atoms with van der Waals surface area (Å²) in [6.07, 6.45) is 1.66. The standard InChI is InChI=1S/C9H8O3/c1-2-7-3-5-8(6-4-7)9(10)12-11/h2-6,11H,1H2. The molecule has 0 fully saturated rings. The molecule has 1 N–H and O–H groups in total. The quantitative estimate of drug-likeness (QED) is 0.536. The number of hydrogen-bond donors (Lipinski definition) is 1. The number of benzene rings is 1. The third-order valence-corrected chi connectivity index (χ3v) is 1.46. The zero-order chi connectivity index (χ0) is 8.97. The molecule has 0 spiro atoms. The lowest BCUT2D eigenvalue weighted by Gasteiger charge is -1.96. The van der Waals surface area contributed by atoms with Gasteiger partial charge in [0.2, 0.25) is 0 Å². The number of carbonyl (C=O) groups excluding carboxylic acids is 1. The molecule has 3 nitrogen and oxygen atoms in total. The van der Waals surface area contributed by atoms with Crippen LogP contribution in [0, 0.1) is 0 Å². The van der Waals surface area contributed by atoms with E-state index in [1.807, 2.05) is 0 Å². The molecular weight excluding hydrogens is 156 g/mol. The normalized spacial score (nSPS) is 9.08. The lowest BCUT2D eigenvalue weighted by atomic mass is 10.1. The number of rotatable bonds is 2. The summed E-state index contributed by atoms with van der Waals surface area (Å²) in [5.74, 6) is -0.759. The van der Waals surface area contributed by atoms with Gasteiger partial charge in [-0.1, -0.05) is 24.8 Å². The molecule has 3 heteroatoms. The summed E-state index contributed by atoms with van der Waals surface area (Å²) in [6.45, 7) is 3.56. The van der Waals surface area contributed by atoms with Crippen molar-refractivity contribution >= 4 is 12.0 Å². The predicted octanol–water partition coefficient (Wildman–Crippen LogP) is 1.96. The summed E-state index contributed by atoms with van der Waals surface area (Å²) < 4.78 is 0. The van der Waals surface area contributed by atoms with Gasteiger partial charge in [-0.15, -0.1) is 0 Å². The summed E-state index contributed by atoms with van der Waals surface area (Å²) >= 11 is 0. The Morgan fingerprint density at radius 3 is 2.42 bits per heavy atom. The maximum absolute atomic E-state index is 10.7. The van der Waals surface area contributed by atoms with Gasteiger partial charge in [0.15, 0.2) is 0 Å². The summed E-state index contributed by atoms with van der Waals surface area (Å²) in [5, 5.41) is 8.05. The Morgan fingerprint density at radius 1 is 1.42 bits per heavy atom. The van der Waals surface area contributed by atoms with E-state index in [1.54, 1.807) is 30.3 Å². The first-order valence-electron chi connectivity index (χ1n) is 3.36. The lowest BCUT2D eigenvalue weighted by molar-refractivity contribution is -0.182. The van der Waals surface area contributed by atoms with Gasteiger partial charge in [0.05, 0.1) is 5.56 Å². The highest BCUT2D eigenvalue weighted by molar-refractivity contribution is 5.89. The van der Waals surface area contributed by atoms with Crippen LogP contribution in [0.3, 0.4) is 0 Å². The first-order chi connectivity index (χ1) is 5.77. The first kappa shape index (κ1) is 8.49. The summed E-state index contributed by atoms with van der Waals surface area (Å²) in [4.78, 5) is 14.3. The first-order valence-corrected chi connectivity index (χ1v) is 3.36. The van der Waals surface area contributed by atoms with Crippen molar-refractivity contribution < 1.29 is 14.9 Å². The van der Waals surface area contributed by atoms with E-state index >= 15 is 0 Å². The van der Waals surface area contributed by atoms with Gasteiger partial charge in [-0.05, 0) is 17.7 Å². The summed E-state index contributed by atoms with van der Waals surface area (Å²) in [6, 6.07) is 6.52. The molecule has 1 aromatic carbocycles. The van der Waals surface area contributed by atoms with Gasteiger partial charge in [-0.2, -0.15) is 5.26 Å². The number of hydrogen-bond acceptors (Lipinski definition) is 3. The molecule has 0 amide bonds. The van der Waals surface area contributed by atoms with E-state index in [0.717, 1.165) is 5.56 Å². The molecule has 0 heterocycles. The molecule has 0 radical (unpaired) electrons. The highest BCUT2D eigenvalue weighted by Gasteiger charge is 2.04. The second kappa shape index (κ2) is 3.69. The van der Waals surface area contributed by atoms with Gasteiger partial charge < -0.3 is 0 Å². The molecule has 0 aliphatic heterocycles. The molecular formula is C9H8O3. The fraction of sp³-hybridized carbons (Fsp3) is 0. The second-order valence-corrected chi connectivity index (χ2v) is 2.20. The molecule has 12 heavy (non-hydrogen) atoms. The third kappa shape index (κ3) is 1.71. The topological polar surface area (TPSA) is 46.5 Å². The largest absolute Gasteiger partial charge is 0.372 e. The Balaban J connectivity index is 2.91. The fourth-order valence-corrected chi connectivity index (χ4v) is 0.808. The van der Waals surface area contributed by atoms with Gasteiger partial charge in [0, 0.05) is 0 Å². The van der Waals surface area contributed by atoms with Crippen molar-refractivity contribution in [2.45, 2.75) is 0 Å². The van der Waals surface area contributed by atoms with Gasteiger partial charge in [0.25, 0.3) is 0 Å². The molecule has 0 aliphatic rings. The average Bonchev–Trinajstić information content (AvgIpc) is 2.17. The van der Waals surface area contributed by atoms with Crippen LogP contribution in [0.25, 0.3) is 6.08 Å². The van der Waals surface area contributed by atoms with Gasteiger partial charge >= 0.3 is 5.97 Å². The second-order valence-electron chi connectivity index (χ2n) is 2.20. The van der Waals surface area contributed by atoms with Crippen LogP contribution in [-0.4, -0.2) is 11.2 Å². The van der Waals surface area contributed by atoms with Gasteiger partial charge in [0.1, 0.15) is 0 Å². The highest BCUT2D eigenvalue weighted by Crippen LogP contribution is 2.05. The Bertz CT molecular complexity index is 287. The van der Waals surface area contributed by atoms with E-state index in [4.69, 9.17) is 5.26 Å². The minimum Gasteiger partial charge on any atom is -0.296 e. The molecule has 62 valence electrons. The van der Waals surface area contributed by atoms with Crippen molar-refractivity contribution in [1.29, 1.82) is 0 Å². The average molecular weight is 164 g/mol. The van der Waals surface area contributed by atoms with Crippen LogP contribution in [0.15, 0.2) is 30.8 Å². The van der Waals surface area contributed by atoms with Crippen LogP contribution < -0.4 is 0 Å². The molecule has 0 atom stereocenters. The maximum atomic E-state index is 10.7. The fourth-order valence-electron chi connectivity index (χ4n) is 0.808. The van der Waals surface area contributed by atoms with Crippen molar-refractivity contribution in [3.8, 4) is 0 Å². The van der Waals surface area contributed by atoms with Crippen molar-refractivity contribution in [2.24, 2.45) is 0 Å². The Labute approximate surface area is 69.8 Å². The minimum atomic E-state index is -0.759. The molecule has 0 saturated heterocycles. The van der Waals surface area contributed by atoms with E-state index in [2.05, 4.69) is 11.5 Å².